The van der Waals surface area contributed by atoms with Crippen LogP contribution in [0.25, 0.3) is 0 Å². The summed E-state index contributed by atoms with van der Waals surface area (Å²) < 4.78 is 39.3. The zero-order valence-electron chi connectivity index (χ0n) is 14.6. The molecule has 5 nitrogen and oxygen atoms in total. The first-order valence-electron chi connectivity index (χ1n) is 8.03. The van der Waals surface area contributed by atoms with Crippen LogP contribution in [0, 0.1) is 0 Å². The van der Waals surface area contributed by atoms with Crippen molar-refractivity contribution in [3.63, 3.8) is 0 Å². The molecule has 0 saturated carbocycles. The number of alkyl halides is 2. The van der Waals surface area contributed by atoms with Gasteiger partial charge in [0, 0.05) is 12.1 Å². The summed E-state index contributed by atoms with van der Waals surface area (Å²) in [5, 5.41) is 2.83. The van der Waals surface area contributed by atoms with Gasteiger partial charge in [-0.3, -0.25) is 4.79 Å². The highest BCUT2D eigenvalue weighted by Gasteiger charge is 2.12. The lowest BCUT2D eigenvalue weighted by Gasteiger charge is -2.12. The van der Waals surface area contributed by atoms with Gasteiger partial charge in [-0.2, -0.15) is 8.78 Å². The number of hydrogen-bond donors (Lipinski definition) is 1. The van der Waals surface area contributed by atoms with Crippen LogP contribution in [0.1, 0.15) is 11.1 Å². The Morgan fingerprint density at radius 3 is 2.46 bits per heavy atom. The third-order valence-corrected chi connectivity index (χ3v) is 3.72. The fourth-order valence-electron chi connectivity index (χ4n) is 2.49. The average Bonchev–Trinajstić information content (AvgIpc) is 2.62. The average molecular weight is 365 g/mol. The maximum Gasteiger partial charge on any atom is 0.387 e. The van der Waals surface area contributed by atoms with E-state index in [-0.39, 0.29) is 23.8 Å². The van der Waals surface area contributed by atoms with Gasteiger partial charge in [0.15, 0.2) is 11.5 Å². The van der Waals surface area contributed by atoms with Gasteiger partial charge < -0.3 is 19.5 Å². The second-order valence-corrected chi connectivity index (χ2v) is 5.45. The first-order chi connectivity index (χ1) is 12.5. The van der Waals surface area contributed by atoms with Crippen LogP contribution in [-0.2, 0) is 17.6 Å². The zero-order valence-corrected chi connectivity index (χ0v) is 14.6. The first kappa shape index (κ1) is 19.5. The summed E-state index contributed by atoms with van der Waals surface area (Å²) in [5.41, 5.74) is 1.64. The topological polar surface area (TPSA) is 56.8 Å². The molecule has 0 atom stereocenters. The van der Waals surface area contributed by atoms with Crippen LogP contribution < -0.4 is 19.5 Å². The molecular weight excluding hydrogens is 344 g/mol. The summed E-state index contributed by atoms with van der Waals surface area (Å²) in [6.07, 6.45) is 0.748. The lowest BCUT2D eigenvalue weighted by Crippen LogP contribution is -2.27. The molecule has 2 aromatic rings. The minimum atomic E-state index is -2.91. The van der Waals surface area contributed by atoms with E-state index in [1.54, 1.807) is 25.3 Å². The van der Waals surface area contributed by atoms with Crippen molar-refractivity contribution in [3.8, 4) is 17.2 Å². The Labute approximate surface area is 150 Å². The molecule has 0 aliphatic rings. The molecule has 0 spiro atoms. The number of hydrogen-bond acceptors (Lipinski definition) is 4. The van der Waals surface area contributed by atoms with Crippen molar-refractivity contribution in [1.82, 2.24) is 5.32 Å². The van der Waals surface area contributed by atoms with Crippen LogP contribution in [0.15, 0.2) is 42.5 Å². The fraction of sp³-hybridized carbons (Fsp3) is 0.316. The van der Waals surface area contributed by atoms with E-state index >= 15 is 0 Å². The maximum atomic E-state index is 12.3. The van der Waals surface area contributed by atoms with E-state index < -0.39 is 6.61 Å². The van der Waals surface area contributed by atoms with Crippen molar-refractivity contribution < 1.29 is 27.8 Å². The molecule has 0 bridgehead atoms. The third-order valence-electron chi connectivity index (χ3n) is 3.72. The minimum absolute atomic E-state index is 0.0218. The third kappa shape index (κ3) is 5.61. The van der Waals surface area contributed by atoms with Gasteiger partial charge in [0.05, 0.1) is 20.6 Å². The van der Waals surface area contributed by atoms with Crippen molar-refractivity contribution in [2.75, 3.05) is 20.8 Å². The van der Waals surface area contributed by atoms with Crippen molar-refractivity contribution in [3.05, 3.63) is 53.6 Å². The number of ether oxygens (including phenoxy) is 3. The molecule has 26 heavy (non-hydrogen) atoms. The zero-order chi connectivity index (χ0) is 18.9. The maximum absolute atomic E-state index is 12.3. The molecule has 7 heteroatoms. The highest BCUT2D eigenvalue weighted by atomic mass is 19.3. The van der Waals surface area contributed by atoms with Crippen LogP contribution >= 0.6 is 0 Å². The van der Waals surface area contributed by atoms with E-state index in [0.29, 0.717) is 18.7 Å². The van der Waals surface area contributed by atoms with Gasteiger partial charge in [-0.25, -0.2) is 0 Å². The molecule has 1 N–H and O–H groups in total. The van der Waals surface area contributed by atoms with Gasteiger partial charge in [-0.05, 0) is 30.2 Å². The smallest absolute Gasteiger partial charge is 0.387 e. The van der Waals surface area contributed by atoms with E-state index in [1.807, 2.05) is 18.2 Å². The normalized spacial score (nSPS) is 10.5. The summed E-state index contributed by atoms with van der Waals surface area (Å²) >= 11 is 0. The Bertz CT molecular complexity index is 737. The number of nitrogens with one attached hydrogen (secondary N) is 1. The van der Waals surface area contributed by atoms with Gasteiger partial charge in [-0.1, -0.05) is 24.3 Å². The van der Waals surface area contributed by atoms with Crippen molar-refractivity contribution in [2.24, 2.45) is 0 Å². The van der Waals surface area contributed by atoms with Crippen LogP contribution in [0.5, 0.6) is 17.2 Å². The first-order valence-corrected chi connectivity index (χ1v) is 8.03. The molecule has 0 aliphatic heterocycles. The second-order valence-electron chi connectivity index (χ2n) is 5.45. The Hall–Kier alpha value is -2.83. The molecule has 0 aliphatic carbocycles. The molecule has 0 heterocycles. The molecule has 0 aromatic heterocycles. The number of halogens is 2. The number of benzene rings is 2. The quantitative estimate of drug-likeness (QED) is 0.741. The van der Waals surface area contributed by atoms with E-state index in [0.717, 1.165) is 11.1 Å². The van der Waals surface area contributed by atoms with E-state index in [1.165, 1.54) is 13.2 Å². The molecule has 1 amide bonds. The van der Waals surface area contributed by atoms with Crippen molar-refractivity contribution in [1.29, 1.82) is 0 Å². The summed E-state index contributed by atoms with van der Waals surface area (Å²) in [6.45, 7) is -2.50. The highest BCUT2D eigenvalue weighted by Crippen LogP contribution is 2.29. The SMILES string of the molecule is COc1ccccc1CC(=O)NCCc1ccc(OC(F)F)c(OC)c1. The van der Waals surface area contributed by atoms with E-state index in [9.17, 15) is 13.6 Å². The molecule has 0 radical (unpaired) electrons. The highest BCUT2D eigenvalue weighted by molar-refractivity contribution is 5.79. The van der Waals surface area contributed by atoms with Crippen LogP contribution in [0.2, 0.25) is 0 Å². The molecule has 2 rings (SSSR count). The predicted molar refractivity (Wildman–Crippen MR) is 93.0 cm³/mol. The monoisotopic (exact) mass is 365 g/mol. The summed E-state index contributed by atoms with van der Waals surface area (Å²) in [4.78, 5) is 12.1. The number of para-hydroxylation sites is 1. The summed E-state index contributed by atoms with van der Waals surface area (Å²) in [6, 6.07) is 12.0. The lowest BCUT2D eigenvalue weighted by atomic mass is 10.1. The number of amides is 1. The number of carbonyl (C=O) groups is 1. The number of methoxy groups -OCH3 is 2. The fourth-order valence-corrected chi connectivity index (χ4v) is 2.49. The Balaban J connectivity index is 1.88. The molecule has 2 aromatic carbocycles. The van der Waals surface area contributed by atoms with Gasteiger partial charge in [0.2, 0.25) is 5.91 Å². The Kier molecular flexibility index (Phi) is 7.20. The summed E-state index contributed by atoms with van der Waals surface area (Å²) in [5.74, 6) is 0.746. The largest absolute Gasteiger partial charge is 0.496 e. The number of carbonyl (C=O) groups excluding carboxylic acids is 1. The molecular formula is C19H21F2NO4. The van der Waals surface area contributed by atoms with Gasteiger partial charge in [0.1, 0.15) is 5.75 Å². The Morgan fingerprint density at radius 1 is 1.04 bits per heavy atom. The van der Waals surface area contributed by atoms with Crippen molar-refractivity contribution in [2.45, 2.75) is 19.5 Å². The molecule has 0 saturated heterocycles. The van der Waals surface area contributed by atoms with E-state index in [2.05, 4.69) is 10.1 Å². The predicted octanol–water partition coefficient (Wildman–Crippen LogP) is 3.21. The standard InChI is InChI=1S/C19H21F2NO4/c1-24-15-6-4-3-5-14(15)12-18(23)22-10-9-13-7-8-16(26-19(20)21)17(11-13)25-2/h3-8,11,19H,9-10,12H2,1-2H3,(H,22,23). The molecule has 0 fully saturated rings. The minimum Gasteiger partial charge on any atom is -0.496 e. The van der Waals surface area contributed by atoms with Crippen LogP contribution in [0.3, 0.4) is 0 Å². The van der Waals surface area contributed by atoms with Gasteiger partial charge >= 0.3 is 6.61 Å². The summed E-state index contributed by atoms with van der Waals surface area (Å²) in [7, 11) is 2.94. The van der Waals surface area contributed by atoms with Crippen molar-refractivity contribution >= 4 is 5.91 Å². The van der Waals surface area contributed by atoms with Crippen LogP contribution in [0.4, 0.5) is 8.78 Å². The Morgan fingerprint density at radius 2 is 1.77 bits per heavy atom. The van der Waals surface area contributed by atoms with Gasteiger partial charge in [-0.15, -0.1) is 0 Å². The second kappa shape index (κ2) is 9.60. The molecule has 0 unspecified atom stereocenters. The van der Waals surface area contributed by atoms with Crippen LogP contribution in [-0.4, -0.2) is 33.3 Å². The van der Waals surface area contributed by atoms with Gasteiger partial charge in [0.25, 0.3) is 0 Å². The number of rotatable bonds is 9. The molecule has 140 valence electrons. The van der Waals surface area contributed by atoms with E-state index in [4.69, 9.17) is 9.47 Å². The lowest BCUT2D eigenvalue weighted by molar-refractivity contribution is -0.120.